The Kier molecular flexibility index (Phi) is 4.53. The summed E-state index contributed by atoms with van der Waals surface area (Å²) in [6.07, 6.45) is 0. The number of aromatic nitrogens is 2. The second-order valence-corrected chi connectivity index (χ2v) is 9.10. The van der Waals surface area contributed by atoms with Gasteiger partial charge in [-0.25, -0.2) is 8.42 Å². The fourth-order valence-corrected chi connectivity index (χ4v) is 5.09. The molecule has 2 aromatic carbocycles. The van der Waals surface area contributed by atoms with Crippen LogP contribution in [0.4, 0.5) is 0 Å². The minimum atomic E-state index is -3.52. The van der Waals surface area contributed by atoms with Crippen molar-refractivity contribution < 1.29 is 12.9 Å². The molecule has 2 heterocycles. The Balaban J connectivity index is 1.50. The van der Waals surface area contributed by atoms with E-state index in [1.807, 2.05) is 38.1 Å². The lowest BCUT2D eigenvalue weighted by atomic mass is 10.0. The fraction of sp³-hybridized carbons (Fsp3) is 0.263. The molecule has 1 aliphatic rings. The summed E-state index contributed by atoms with van der Waals surface area (Å²) >= 11 is 5.99. The number of hydrogen-bond acceptors (Lipinski definition) is 5. The van der Waals surface area contributed by atoms with Crippen molar-refractivity contribution in [1.29, 1.82) is 0 Å². The minimum absolute atomic E-state index is 0.106. The Bertz CT molecular complexity index is 1100. The van der Waals surface area contributed by atoms with Gasteiger partial charge in [-0.05, 0) is 37.6 Å². The van der Waals surface area contributed by atoms with Gasteiger partial charge in [0.2, 0.25) is 21.7 Å². The highest BCUT2D eigenvalue weighted by Crippen LogP contribution is 2.33. The maximum Gasteiger partial charge on any atom is 0.243 e. The van der Waals surface area contributed by atoms with Gasteiger partial charge in [0.1, 0.15) is 0 Å². The Morgan fingerprint density at radius 1 is 1.15 bits per heavy atom. The number of sulfonamides is 1. The molecule has 0 N–H and O–H groups in total. The molecule has 0 saturated carbocycles. The summed E-state index contributed by atoms with van der Waals surface area (Å²) in [5.41, 5.74) is 2.54. The monoisotopic (exact) mass is 403 g/mol. The first-order valence-electron chi connectivity index (χ1n) is 8.51. The van der Waals surface area contributed by atoms with Crippen molar-refractivity contribution in [2.24, 2.45) is 0 Å². The van der Waals surface area contributed by atoms with Crippen LogP contribution in [0.1, 0.15) is 22.9 Å². The zero-order chi connectivity index (χ0) is 19.2. The molecule has 4 rings (SSSR count). The molecule has 0 radical (unpaired) electrons. The van der Waals surface area contributed by atoms with Gasteiger partial charge < -0.3 is 4.52 Å². The van der Waals surface area contributed by atoms with E-state index in [1.165, 1.54) is 4.31 Å². The minimum Gasteiger partial charge on any atom is -0.339 e. The molecule has 0 unspecified atom stereocenters. The Hall–Kier alpha value is -2.22. The lowest BCUT2D eigenvalue weighted by Gasteiger charge is -2.36. The lowest BCUT2D eigenvalue weighted by Crippen LogP contribution is -2.48. The first-order valence-corrected chi connectivity index (χ1v) is 10.3. The number of nitrogens with zero attached hydrogens (tertiary/aromatic N) is 3. The summed E-state index contributed by atoms with van der Waals surface area (Å²) < 4.78 is 32.5. The van der Waals surface area contributed by atoms with Crippen LogP contribution in [0.5, 0.6) is 0 Å². The van der Waals surface area contributed by atoms with Gasteiger partial charge in [0.15, 0.2) is 0 Å². The average molecular weight is 404 g/mol. The van der Waals surface area contributed by atoms with Crippen molar-refractivity contribution in [2.45, 2.75) is 24.7 Å². The van der Waals surface area contributed by atoms with E-state index in [0.717, 1.165) is 16.7 Å². The molecule has 1 aromatic heterocycles. The van der Waals surface area contributed by atoms with E-state index >= 15 is 0 Å². The van der Waals surface area contributed by atoms with Crippen molar-refractivity contribution in [3.05, 3.63) is 64.5 Å². The van der Waals surface area contributed by atoms with Gasteiger partial charge in [-0.2, -0.15) is 9.29 Å². The number of hydrogen-bond donors (Lipinski definition) is 0. The van der Waals surface area contributed by atoms with Crippen LogP contribution in [0, 0.1) is 13.8 Å². The average Bonchev–Trinajstić information content (AvgIpc) is 3.02. The van der Waals surface area contributed by atoms with Crippen LogP contribution in [0.25, 0.3) is 11.4 Å². The van der Waals surface area contributed by atoms with Crippen LogP contribution in [0.15, 0.2) is 51.9 Å². The van der Waals surface area contributed by atoms with Gasteiger partial charge in [0.05, 0.1) is 10.8 Å². The summed E-state index contributed by atoms with van der Waals surface area (Å²) in [4.78, 5) is 4.75. The molecule has 6 nitrogen and oxygen atoms in total. The molecule has 0 atom stereocenters. The Morgan fingerprint density at radius 2 is 1.93 bits per heavy atom. The van der Waals surface area contributed by atoms with Crippen LogP contribution in [0.3, 0.4) is 0 Å². The number of halogens is 1. The SMILES string of the molecule is Cc1ccc(S(=O)(=O)N2CC(c3nc(-c4cccc(Cl)c4)no3)C2)c(C)c1. The normalized spacial score (nSPS) is 15.7. The van der Waals surface area contributed by atoms with E-state index in [1.54, 1.807) is 18.2 Å². The molecule has 27 heavy (non-hydrogen) atoms. The van der Waals surface area contributed by atoms with E-state index in [4.69, 9.17) is 16.1 Å². The molecule has 0 bridgehead atoms. The summed E-state index contributed by atoms with van der Waals surface area (Å²) in [7, 11) is -3.52. The first kappa shape index (κ1) is 18.2. The summed E-state index contributed by atoms with van der Waals surface area (Å²) in [5.74, 6) is 0.784. The highest BCUT2D eigenvalue weighted by atomic mass is 35.5. The smallest absolute Gasteiger partial charge is 0.243 e. The van der Waals surface area contributed by atoms with Crippen molar-refractivity contribution in [2.75, 3.05) is 13.1 Å². The van der Waals surface area contributed by atoms with Crippen molar-refractivity contribution >= 4 is 21.6 Å². The zero-order valence-electron chi connectivity index (χ0n) is 14.9. The van der Waals surface area contributed by atoms with Gasteiger partial charge in [-0.15, -0.1) is 0 Å². The van der Waals surface area contributed by atoms with Crippen LogP contribution in [0.2, 0.25) is 5.02 Å². The van der Waals surface area contributed by atoms with Gasteiger partial charge in [0, 0.05) is 23.7 Å². The van der Waals surface area contributed by atoms with E-state index in [9.17, 15) is 8.42 Å². The van der Waals surface area contributed by atoms with Gasteiger partial charge in [-0.1, -0.05) is 46.6 Å². The van der Waals surface area contributed by atoms with Crippen LogP contribution >= 0.6 is 11.6 Å². The van der Waals surface area contributed by atoms with Crippen LogP contribution in [-0.4, -0.2) is 36.0 Å². The number of benzene rings is 2. The molecule has 0 aliphatic carbocycles. The second-order valence-electron chi connectivity index (χ2n) is 6.75. The lowest BCUT2D eigenvalue weighted by molar-refractivity contribution is 0.216. The molecule has 1 fully saturated rings. The van der Waals surface area contributed by atoms with Crippen LogP contribution < -0.4 is 0 Å². The molecular formula is C19H18ClN3O3S. The van der Waals surface area contributed by atoms with E-state index in [2.05, 4.69) is 10.1 Å². The Morgan fingerprint density at radius 3 is 2.63 bits per heavy atom. The number of aryl methyl sites for hydroxylation is 2. The molecule has 8 heteroatoms. The largest absolute Gasteiger partial charge is 0.339 e. The zero-order valence-corrected chi connectivity index (χ0v) is 16.5. The fourth-order valence-electron chi connectivity index (χ4n) is 3.16. The third-order valence-corrected chi connectivity index (χ3v) is 6.90. The van der Waals surface area contributed by atoms with Crippen molar-refractivity contribution in [3.8, 4) is 11.4 Å². The third-order valence-electron chi connectivity index (χ3n) is 4.67. The first-order chi connectivity index (χ1) is 12.8. The van der Waals surface area contributed by atoms with E-state index in [0.29, 0.717) is 34.7 Å². The standard InChI is InChI=1S/C19H18ClN3O3S/c1-12-6-7-17(13(2)8-12)27(24,25)23-10-15(11-23)19-21-18(22-26-19)14-4-3-5-16(20)9-14/h3-9,15H,10-11H2,1-2H3. The number of rotatable bonds is 4. The molecule has 1 aliphatic heterocycles. The van der Waals surface area contributed by atoms with E-state index in [-0.39, 0.29) is 5.92 Å². The molecule has 0 amide bonds. The predicted molar refractivity (Wildman–Crippen MR) is 102 cm³/mol. The molecule has 0 spiro atoms. The predicted octanol–water partition coefficient (Wildman–Crippen LogP) is 3.79. The topological polar surface area (TPSA) is 76.3 Å². The molecular weight excluding hydrogens is 386 g/mol. The van der Waals surface area contributed by atoms with Gasteiger partial charge >= 0.3 is 0 Å². The Labute approximate surface area is 162 Å². The van der Waals surface area contributed by atoms with Crippen molar-refractivity contribution in [1.82, 2.24) is 14.4 Å². The maximum absolute atomic E-state index is 12.8. The highest BCUT2D eigenvalue weighted by molar-refractivity contribution is 7.89. The maximum atomic E-state index is 12.8. The molecule has 1 saturated heterocycles. The third kappa shape index (κ3) is 3.38. The molecule has 3 aromatic rings. The van der Waals surface area contributed by atoms with Crippen molar-refractivity contribution in [3.63, 3.8) is 0 Å². The quantitative estimate of drug-likeness (QED) is 0.662. The van der Waals surface area contributed by atoms with Gasteiger partial charge in [0.25, 0.3) is 0 Å². The summed E-state index contributed by atoms with van der Waals surface area (Å²) in [6.45, 7) is 4.40. The molecule has 140 valence electrons. The van der Waals surface area contributed by atoms with E-state index < -0.39 is 10.0 Å². The summed E-state index contributed by atoms with van der Waals surface area (Å²) in [5, 5.41) is 4.58. The highest BCUT2D eigenvalue weighted by Gasteiger charge is 2.40. The van der Waals surface area contributed by atoms with Gasteiger partial charge in [-0.3, -0.25) is 0 Å². The van der Waals surface area contributed by atoms with Crippen LogP contribution in [-0.2, 0) is 10.0 Å². The second kappa shape index (κ2) is 6.74. The summed E-state index contributed by atoms with van der Waals surface area (Å²) in [6, 6.07) is 12.5.